The van der Waals surface area contributed by atoms with Crippen LogP contribution in [0.25, 0.3) is 22.0 Å². The lowest BCUT2D eigenvalue weighted by Gasteiger charge is -2.15. The normalized spacial score (nSPS) is 19.5. The second-order valence-electron chi connectivity index (χ2n) is 7.20. The number of aromatic nitrogens is 3. The molecule has 0 aliphatic heterocycles. The number of amides is 1. The Kier molecular flexibility index (Phi) is 4.89. The molecule has 3 atom stereocenters. The van der Waals surface area contributed by atoms with Gasteiger partial charge in [-0.25, -0.2) is 9.37 Å². The van der Waals surface area contributed by atoms with Crippen molar-refractivity contribution in [2.45, 2.75) is 31.8 Å². The summed E-state index contributed by atoms with van der Waals surface area (Å²) < 4.78 is 51.0. The zero-order chi connectivity index (χ0) is 21.6. The van der Waals surface area contributed by atoms with Crippen LogP contribution in [0.15, 0.2) is 36.8 Å². The topological polar surface area (TPSA) is 88.0 Å². The molecule has 1 saturated carbocycles. The van der Waals surface area contributed by atoms with E-state index in [1.165, 1.54) is 24.7 Å². The molecule has 30 heavy (non-hydrogen) atoms. The largest absolute Gasteiger partial charge is 0.420 e. The van der Waals surface area contributed by atoms with Gasteiger partial charge >= 0.3 is 6.18 Å². The smallest absolute Gasteiger partial charge is 0.378 e. The molecule has 1 fully saturated rings. The second kappa shape index (κ2) is 7.28. The maximum absolute atomic E-state index is 13.0. The van der Waals surface area contributed by atoms with Gasteiger partial charge in [0.15, 0.2) is 6.10 Å². The molecule has 1 unspecified atom stereocenters. The highest BCUT2D eigenvalue weighted by Gasteiger charge is 2.43. The van der Waals surface area contributed by atoms with Crippen molar-refractivity contribution in [3.8, 4) is 11.3 Å². The molecule has 6 nitrogen and oxygen atoms in total. The van der Waals surface area contributed by atoms with Crippen LogP contribution >= 0.6 is 0 Å². The molecule has 10 heteroatoms. The van der Waals surface area contributed by atoms with E-state index in [2.05, 4.69) is 20.3 Å². The minimum Gasteiger partial charge on any atom is -0.378 e. The van der Waals surface area contributed by atoms with Gasteiger partial charge in [-0.15, -0.1) is 0 Å². The fourth-order valence-corrected chi connectivity index (χ4v) is 3.07. The molecule has 0 spiro atoms. The summed E-state index contributed by atoms with van der Waals surface area (Å²) in [5.41, 5.74) is 0.961. The number of halogens is 4. The monoisotopic (exact) mass is 420 g/mol. The molecule has 1 aliphatic rings. The summed E-state index contributed by atoms with van der Waals surface area (Å²) in [6.45, 7) is 1.60. The third kappa shape index (κ3) is 3.95. The van der Waals surface area contributed by atoms with Crippen molar-refractivity contribution in [3.63, 3.8) is 0 Å². The highest BCUT2D eigenvalue weighted by atomic mass is 19.4. The Morgan fingerprint density at radius 2 is 1.80 bits per heavy atom. The Labute approximate surface area is 168 Å². The fourth-order valence-electron chi connectivity index (χ4n) is 3.07. The second-order valence-corrected chi connectivity index (χ2v) is 7.20. The van der Waals surface area contributed by atoms with Crippen LogP contribution in [-0.2, 0) is 4.79 Å². The van der Waals surface area contributed by atoms with Gasteiger partial charge in [-0.1, -0.05) is 0 Å². The third-order valence-corrected chi connectivity index (χ3v) is 4.90. The van der Waals surface area contributed by atoms with Crippen molar-refractivity contribution in [2.75, 3.05) is 5.32 Å². The molecule has 3 aromatic rings. The lowest BCUT2D eigenvalue weighted by molar-refractivity contribution is -0.207. The fraction of sp³-hybridized carbons (Fsp3) is 0.300. The standard InChI is InChI=1S/C20H16F4N4O2/c1-9-2-16(18(29)20(22,23)24)26-8-13(9)15-3-10-7-27-17(4-11(10)6-25-15)28-19(30)12-5-14(12)21/h2-4,6-8,12,14,18,29H,5H2,1H3,(H,27,28,30)/t12?,14-,18-/m0/s1. The van der Waals surface area contributed by atoms with Crippen molar-refractivity contribution < 1.29 is 27.5 Å². The van der Waals surface area contributed by atoms with Gasteiger partial charge in [0.2, 0.25) is 5.91 Å². The zero-order valence-corrected chi connectivity index (χ0v) is 15.6. The predicted molar refractivity (Wildman–Crippen MR) is 100 cm³/mol. The van der Waals surface area contributed by atoms with E-state index in [0.717, 1.165) is 0 Å². The maximum atomic E-state index is 13.0. The van der Waals surface area contributed by atoms with Gasteiger partial charge < -0.3 is 10.4 Å². The summed E-state index contributed by atoms with van der Waals surface area (Å²) in [4.78, 5) is 24.0. The number of carbonyl (C=O) groups excluding carboxylic acids is 1. The van der Waals surface area contributed by atoms with Crippen LogP contribution in [-0.4, -0.2) is 38.3 Å². The van der Waals surface area contributed by atoms with Gasteiger partial charge in [0.25, 0.3) is 0 Å². The zero-order valence-electron chi connectivity index (χ0n) is 15.6. The SMILES string of the molecule is Cc1cc([C@H](O)C(F)(F)F)ncc1-c1cc2cnc(NC(=O)C3C[C@@H]3F)cc2cn1. The average Bonchev–Trinajstić information content (AvgIpc) is 3.43. The van der Waals surface area contributed by atoms with E-state index < -0.39 is 36.0 Å². The Balaban J connectivity index is 1.59. The van der Waals surface area contributed by atoms with Crippen LogP contribution < -0.4 is 5.32 Å². The Bertz CT molecular complexity index is 1140. The number of hydrogen-bond donors (Lipinski definition) is 2. The molecule has 4 rings (SSSR count). The number of nitrogens with one attached hydrogen (secondary N) is 1. The van der Waals surface area contributed by atoms with Gasteiger partial charge in [-0.05, 0) is 37.1 Å². The molecular weight excluding hydrogens is 404 g/mol. The summed E-state index contributed by atoms with van der Waals surface area (Å²) in [6.07, 6.45) is -4.05. The number of rotatable bonds is 4. The molecule has 1 aliphatic carbocycles. The van der Waals surface area contributed by atoms with Gasteiger partial charge in [0, 0.05) is 34.9 Å². The van der Waals surface area contributed by atoms with Gasteiger partial charge in [0.05, 0.1) is 17.3 Å². The lowest BCUT2D eigenvalue weighted by atomic mass is 10.0. The van der Waals surface area contributed by atoms with Crippen LogP contribution in [0.1, 0.15) is 23.8 Å². The van der Waals surface area contributed by atoms with Crippen molar-refractivity contribution in [1.82, 2.24) is 15.0 Å². The molecular formula is C20H16F4N4O2. The van der Waals surface area contributed by atoms with E-state index in [1.54, 1.807) is 19.1 Å². The van der Waals surface area contributed by atoms with Crippen LogP contribution in [0.5, 0.6) is 0 Å². The quantitative estimate of drug-likeness (QED) is 0.626. The van der Waals surface area contributed by atoms with Gasteiger partial charge in [0.1, 0.15) is 12.0 Å². The minimum atomic E-state index is -4.80. The first-order valence-electron chi connectivity index (χ1n) is 9.06. The first-order valence-corrected chi connectivity index (χ1v) is 9.06. The summed E-state index contributed by atoms with van der Waals surface area (Å²) in [6, 6.07) is 4.47. The average molecular weight is 420 g/mol. The summed E-state index contributed by atoms with van der Waals surface area (Å²) in [7, 11) is 0. The highest BCUT2D eigenvalue weighted by Crippen LogP contribution is 2.35. The maximum Gasteiger partial charge on any atom is 0.420 e. The van der Waals surface area contributed by atoms with Crippen molar-refractivity contribution >= 4 is 22.5 Å². The molecule has 2 N–H and O–H groups in total. The van der Waals surface area contributed by atoms with E-state index in [1.807, 2.05) is 0 Å². The number of pyridine rings is 3. The van der Waals surface area contributed by atoms with E-state index in [0.29, 0.717) is 27.6 Å². The van der Waals surface area contributed by atoms with Crippen LogP contribution in [0.3, 0.4) is 0 Å². The minimum absolute atomic E-state index is 0.219. The number of aliphatic hydroxyl groups excluding tert-OH is 1. The van der Waals surface area contributed by atoms with Crippen LogP contribution in [0.2, 0.25) is 0 Å². The van der Waals surface area contributed by atoms with Crippen molar-refractivity contribution in [3.05, 3.63) is 48.0 Å². The van der Waals surface area contributed by atoms with Crippen molar-refractivity contribution in [1.29, 1.82) is 0 Å². The number of aryl methyl sites for hydroxylation is 1. The number of nitrogens with zero attached hydrogens (tertiary/aromatic N) is 3. The number of aliphatic hydroxyl groups is 1. The summed E-state index contributed by atoms with van der Waals surface area (Å²) in [5, 5.41) is 13.3. The van der Waals surface area contributed by atoms with E-state index in [9.17, 15) is 27.5 Å². The Morgan fingerprint density at radius 3 is 2.43 bits per heavy atom. The third-order valence-electron chi connectivity index (χ3n) is 4.90. The molecule has 0 aromatic carbocycles. The first kappa shape index (κ1) is 20.1. The van der Waals surface area contributed by atoms with E-state index in [4.69, 9.17) is 0 Å². The molecule has 1 amide bonds. The lowest BCUT2D eigenvalue weighted by Crippen LogP contribution is -2.21. The first-order chi connectivity index (χ1) is 14.1. The molecule has 0 radical (unpaired) electrons. The van der Waals surface area contributed by atoms with Gasteiger partial charge in [-0.2, -0.15) is 13.2 Å². The van der Waals surface area contributed by atoms with Crippen LogP contribution in [0.4, 0.5) is 23.4 Å². The molecule has 156 valence electrons. The molecule has 3 aromatic heterocycles. The number of carbonyl (C=O) groups is 1. The van der Waals surface area contributed by atoms with E-state index in [-0.39, 0.29) is 12.2 Å². The highest BCUT2D eigenvalue weighted by molar-refractivity contribution is 5.96. The van der Waals surface area contributed by atoms with Crippen LogP contribution in [0, 0.1) is 12.8 Å². The number of anilines is 1. The van der Waals surface area contributed by atoms with Crippen molar-refractivity contribution in [2.24, 2.45) is 5.92 Å². The predicted octanol–water partition coefficient (Wildman–Crippen LogP) is 3.89. The molecule has 3 heterocycles. The van der Waals surface area contributed by atoms with E-state index >= 15 is 0 Å². The Hall–Kier alpha value is -3.14. The Morgan fingerprint density at radius 1 is 1.13 bits per heavy atom. The van der Waals surface area contributed by atoms with Gasteiger partial charge in [-0.3, -0.25) is 14.8 Å². The molecule has 0 bridgehead atoms. The number of hydrogen-bond acceptors (Lipinski definition) is 5. The summed E-state index contributed by atoms with van der Waals surface area (Å²) in [5.74, 6) is -0.761. The number of alkyl halides is 4. The number of fused-ring (bicyclic) bond motifs is 1. The molecule has 0 saturated heterocycles. The summed E-state index contributed by atoms with van der Waals surface area (Å²) >= 11 is 0.